The van der Waals surface area contributed by atoms with Gasteiger partial charge in [-0.3, -0.25) is 0 Å². The lowest BCUT2D eigenvalue weighted by molar-refractivity contribution is 0.125. The quantitative estimate of drug-likeness (QED) is 0.608. The lowest BCUT2D eigenvalue weighted by Gasteiger charge is -2.35. The third kappa shape index (κ3) is 8.96. The molecular formula is C10H24N3O5P. The summed E-state index contributed by atoms with van der Waals surface area (Å²) in [7, 11) is -2.54. The van der Waals surface area contributed by atoms with Gasteiger partial charge in [-0.25, -0.2) is 9.36 Å². The number of carbonyl (C=O) groups is 1. The minimum Gasteiger partial charge on any atom is -0.325 e. The largest absolute Gasteiger partial charge is 0.466 e. The SMILES string of the molecule is CCN(CC)C(=O)N1CCN(C)CC1.O=P(O)(O)O. The third-order valence-corrected chi connectivity index (χ3v) is 2.81. The molecule has 9 heteroatoms. The van der Waals surface area contributed by atoms with Gasteiger partial charge >= 0.3 is 13.9 Å². The highest BCUT2D eigenvalue weighted by Gasteiger charge is 2.21. The van der Waals surface area contributed by atoms with Crippen molar-refractivity contribution in [1.82, 2.24) is 14.7 Å². The van der Waals surface area contributed by atoms with E-state index in [1.807, 2.05) is 23.6 Å². The van der Waals surface area contributed by atoms with Gasteiger partial charge in [0.05, 0.1) is 0 Å². The highest BCUT2D eigenvalue weighted by atomic mass is 31.2. The van der Waals surface area contributed by atoms with Gasteiger partial charge in [0.1, 0.15) is 0 Å². The summed E-state index contributed by atoms with van der Waals surface area (Å²) in [6.07, 6.45) is 0. The molecule has 0 spiro atoms. The first-order valence-electron chi connectivity index (χ1n) is 6.19. The topological polar surface area (TPSA) is 105 Å². The summed E-state index contributed by atoms with van der Waals surface area (Å²) in [4.78, 5) is 39.6. The Hall–Kier alpha value is -0.660. The number of likely N-dealkylation sites (N-methyl/N-ethyl adjacent to an activating group) is 1. The van der Waals surface area contributed by atoms with Gasteiger partial charge < -0.3 is 29.4 Å². The lowest BCUT2D eigenvalue weighted by Crippen LogP contribution is -2.51. The van der Waals surface area contributed by atoms with E-state index in [2.05, 4.69) is 11.9 Å². The first kappa shape index (κ1) is 18.3. The maximum Gasteiger partial charge on any atom is 0.466 e. The van der Waals surface area contributed by atoms with Crippen molar-refractivity contribution in [3.05, 3.63) is 0 Å². The van der Waals surface area contributed by atoms with Crippen LogP contribution in [-0.4, -0.2) is 81.7 Å². The first-order valence-corrected chi connectivity index (χ1v) is 7.76. The van der Waals surface area contributed by atoms with Crippen LogP contribution in [0.1, 0.15) is 13.8 Å². The van der Waals surface area contributed by atoms with Crippen LogP contribution in [0.4, 0.5) is 4.79 Å². The molecule has 0 radical (unpaired) electrons. The number of carbonyl (C=O) groups excluding carboxylic acids is 1. The molecule has 0 aromatic heterocycles. The maximum atomic E-state index is 11.9. The molecule has 114 valence electrons. The molecule has 19 heavy (non-hydrogen) atoms. The van der Waals surface area contributed by atoms with E-state index in [1.54, 1.807) is 0 Å². The van der Waals surface area contributed by atoms with Crippen LogP contribution in [0.2, 0.25) is 0 Å². The number of urea groups is 1. The van der Waals surface area contributed by atoms with E-state index in [4.69, 9.17) is 19.2 Å². The Morgan fingerprint density at radius 2 is 1.47 bits per heavy atom. The second kappa shape index (κ2) is 8.50. The second-order valence-electron chi connectivity index (χ2n) is 4.26. The van der Waals surface area contributed by atoms with Gasteiger partial charge in [0.25, 0.3) is 0 Å². The van der Waals surface area contributed by atoms with Gasteiger partial charge in [-0.2, -0.15) is 0 Å². The van der Waals surface area contributed by atoms with E-state index < -0.39 is 7.82 Å². The summed E-state index contributed by atoms with van der Waals surface area (Å²) in [5.41, 5.74) is 0. The van der Waals surface area contributed by atoms with E-state index in [1.165, 1.54) is 0 Å². The zero-order valence-corrected chi connectivity index (χ0v) is 12.6. The molecule has 0 unspecified atom stereocenters. The lowest BCUT2D eigenvalue weighted by atomic mass is 10.3. The molecule has 2 amide bonds. The van der Waals surface area contributed by atoms with E-state index in [0.29, 0.717) is 0 Å². The van der Waals surface area contributed by atoms with Crippen molar-refractivity contribution < 1.29 is 24.0 Å². The fraction of sp³-hybridized carbons (Fsp3) is 0.900. The van der Waals surface area contributed by atoms with Crippen molar-refractivity contribution in [1.29, 1.82) is 0 Å². The van der Waals surface area contributed by atoms with Crippen molar-refractivity contribution in [3.63, 3.8) is 0 Å². The Labute approximate surface area is 113 Å². The first-order chi connectivity index (χ1) is 8.69. The second-order valence-corrected chi connectivity index (χ2v) is 5.29. The molecule has 1 rings (SSSR count). The molecule has 3 N–H and O–H groups in total. The Morgan fingerprint density at radius 3 is 1.79 bits per heavy atom. The van der Waals surface area contributed by atoms with E-state index in [9.17, 15) is 4.79 Å². The van der Waals surface area contributed by atoms with Crippen molar-refractivity contribution in [2.45, 2.75) is 13.8 Å². The van der Waals surface area contributed by atoms with Gasteiger partial charge in [-0.1, -0.05) is 0 Å². The van der Waals surface area contributed by atoms with Crippen LogP contribution in [0, 0.1) is 0 Å². The van der Waals surface area contributed by atoms with Crippen LogP contribution >= 0.6 is 7.82 Å². The number of hydrogen-bond donors (Lipinski definition) is 3. The average Bonchev–Trinajstić information content (AvgIpc) is 2.29. The van der Waals surface area contributed by atoms with Gasteiger partial charge in [0, 0.05) is 39.3 Å². The molecule has 0 aromatic carbocycles. The fourth-order valence-electron chi connectivity index (χ4n) is 1.69. The van der Waals surface area contributed by atoms with Crippen LogP contribution in [0.25, 0.3) is 0 Å². The fourth-order valence-corrected chi connectivity index (χ4v) is 1.69. The van der Waals surface area contributed by atoms with Gasteiger partial charge in [-0.15, -0.1) is 0 Å². The van der Waals surface area contributed by atoms with Crippen LogP contribution in [0.15, 0.2) is 0 Å². The zero-order chi connectivity index (χ0) is 15.1. The number of piperazine rings is 1. The molecule has 0 saturated carbocycles. The van der Waals surface area contributed by atoms with Crippen molar-refractivity contribution >= 4 is 13.9 Å². The van der Waals surface area contributed by atoms with Crippen LogP contribution < -0.4 is 0 Å². The Balaban J connectivity index is 0.000000555. The van der Waals surface area contributed by atoms with E-state index in [-0.39, 0.29) is 6.03 Å². The standard InChI is InChI=1S/C10H21N3O.H3O4P/c1-4-12(5-2)10(14)13-8-6-11(3)7-9-13;1-5(2,3)4/h4-9H2,1-3H3;(H3,1,2,3,4). The predicted octanol–water partition coefficient (Wildman–Crippen LogP) is -0.233. The van der Waals surface area contributed by atoms with Crippen molar-refractivity contribution in [2.75, 3.05) is 46.3 Å². The van der Waals surface area contributed by atoms with E-state index in [0.717, 1.165) is 39.3 Å². The highest BCUT2D eigenvalue weighted by Crippen LogP contribution is 2.25. The summed E-state index contributed by atoms with van der Waals surface area (Å²) in [6, 6.07) is 0.197. The van der Waals surface area contributed by atoms with Crippen molar-refractivity contribution in [3.8, 4) is 0 Å². The third-order valence-electron chi connectivity index (χ3n) is 2.81. The zero-order valence-electron chi connectivity index (χ0n) is 11.7. The molecule has 8 nitrogen and oxygen atoms in total. The molecule has 0 aliphatic carbocycles. The van der Waals surface area contributed by atoms with Gasteiger partial charge in [0.2, 0.25) is 0 Å². The monoisotopic (exact) mass is 297 g/mol. The van der Waals surface area contributed by atoms with Gasteiger partial charge in [0.15, 0.2) is 0 Å². The maximum absolute atomic E-state index is 11.9. The van der Waals surface area contributed by atoms with E-state index >= 15 is 0 Å². The molecule has 1 heterocycles. The van der Waals surface area contributed by atoms with Crippen molar-refractivity contribution in [2.24, 2.45) is 0 Å². The summed E-state index contributed by atoms with van der Waals surface area (Å²) in [5.74, 6) is 0. The normalized spacial score (nSPS) is 16.6. The van der Waals surface area contributed by atoms with Crippen LogP contribution in [0.5, 0.6) is 0 Å². The average molecular weight is 297 g/mol. The predicted molar refractivity (Wildman–Crippen MR) is 71.6 cm³/mol. The van der Waals surface area contributed by atoms with Crippen LogP contribution in [0.3, 0.4) is 0 Å². The molecule has 1 aliphatic heterocycles. The molecule has 0 atom stereocenters. The number of hydrogen-bond acceptors (Lipinski definition) is 3. The number of amides is 2. The summed E-state index contributed by atoms with van der Waals surface area (Å²) < 4.78 is 8.88. The molecule has 1 aliphatic rings. The Bertz CT molecular complexity index is 302. The molecule has 0 bridgehead atoms. The minimum absolute atomic E-state index is 0.197. The molecule has 0 aromatic rings. The minimum atomic E-state index is -4.64. The van der Waals surface area contributed by atoms with Gasteiger partial charge in [-0.05, 0) is 20.9 Å². The molecule has 1 saturated heterocycles. The Kier molecular flexibility index (Phi) is 8.20. The number of rotatable bonds is 2. The number of nitrogens with zero attached hydrogens (tertiary/aromatic N) is 3. The summed E-state index contributed by atoms with van der Waals surface area (Å²) in [6.45, 7) is 9.38. The summed E-state index contributed by atoms with van der Waals surface area (Å²) in [5, 5.41) is 0. The smallest absolute Gasteiger partial charge is 0.325 e. The Morgan fingerprint density at radius 1 is 1.11 bits per heavy atom. The molecular weight excluding hydrogens is 273 g/mol. The number of phosphoric acid groups is 1. The summed E-state index contributed by atoms with van der Waals surface area (Å²) >= 11 is 0. The molecule has 1 fully saturated rings. The van der Waals surface area contributed by atoms with Crippen LogP contribution in [-0.2, 0) is 4.57 Å². The highest BCUT2D eigenvalue weighted by molar-refractivity contribution is 7.45.